The lowest BCUT2D eigenvalue weighted by molar-refractivity contribution is -0.126. The molecule has 2 unspecified atom stereocenters. The number of fused-ring (bicyclic) bond motifs is 1. The molecule has 1 aliphatic rings. The molecule has 0 saturated carbocycles. The van der Waals surface area contributed by atoms with Gasteiger partial charge in [-0.15, -0.1) is 0 Å². The zero-order valence-electron chi connectivity index (χ0n) is 13.2. The smallest absolute Gasteiger partial charge is 0.228 e. The van der Waals surface area contributed by atoms with Gasteiger partial charge in [0.25, 0.3) is 0 Å². The van der Waals surface area contributed by atoms with Gasteiger partial charge in [-0.3, -0.25) is 9.59 Å². The van der Waals surface area contributed by atoms with Crippen LogP contribution in [0.1, 0.15) is 42.0 Å². The number of hydrogen-bond acceptors (Lipinski definition) is 3. The lowest BCUT2D eigenvalue weighted by atomic mass is 9.89. The quantitative estimate of drug-likeness (QED) is 0.912. The minimum atomic E-state index is -0.490. The number of para-hydroxylation sites is 1. The van der Waals surface area contributed by atoms with Crippen LogP contribution in [0.5, 0.6) is 0 Å². The molecule has 0 radical (unpaired) electrons. The molecule has 0 bridgehead atoms. The summed E-state index contributed by atoms with van der Waals surface area (Å²) in [6, 6.07) is 16.3. The number of anilines is 1. The van der Waals surface area contributed by atoms with E-state index in [0.29, 0.717) is 11.3 Å². The van der Waals surface area contributed by atoms with Crippen molar-refractivity contribution in [2.24, 2.45) is 0 Å². The lowest BCUT2D eigenvalue weighted by Crippen LogP contribution is -2.36. The molecule has 0 aliphatic carbocycles. The van der Waals surface area contributed by atoms with Gasteiger partial charge in [-0.25, -0.2) is 0 Å². The van der Waals surface area contributed by atoms with Crippen LogP contribution in [0.2, 0.25) is 0 Å². The molecule has 120 valence electrons. The monoisotopic (exact) mass is 319 g/mol. The molecule has 0 fully saturated rings. The molecule has 2 amide bonds. The van der Waals surface area contributed by atoms with Gasteiger partial charge in [0.2, 0.25) is 11.8 Å². The Hall–Kier alpha value is -3.13. The summed E-state index contributed by atoms with van der Waals surface area (Å²) in [5, 5.41) is 14.6. The Morgan fingerprint density at radius 1 is 1.25 bits per heavy atom. The first-order chi connectivity index (χ1) is 11.6. The predicted molar refractivity (Wildman–Crippen MR) is 90.1 cm³/mol. The van der Waals surface area contributed by atoms with E-state index in [4.69, 9.17) is 5.26 Å². The zero-order valence-corrected chi connectivity index (χ0v) is 13.2. The van der Waals surface area contributed by atoms with E-state index in [1.807, 2.05) is 37.3 Å². The maximum atomic E-state index is 12.7. The van der Waals surface area contributed by atoms with Crippen LogP contribution >= 0.6 is 0 Å². The molecule has 3 rings (SSSR count). The summed E-state index contributed by atoms with van der Waals surface area (Å²) in [5.41, 5.74) is 3.02. The van der Waals surface area contributed by atoms with Crippen LogP contribution in [0.3, 0.4) is 0 Å². The second-order valence-corrected chi connectivity index (χ2v) is 5.86. The molecule has 2 aromatic carbocycles. The normalized spacial score (nSPS) is 17.2. The molecular formula is C19H17N3O2. The van der Waals surface area contributed by atoms with Gasteiger partial charge in [0, 0.05) is 12.1 Å². The van der Waals surface area contributed by atoms with E-state index in [0.717, 1.165) is 11.1 Å². The first-order valence-corrected chi connectivity index (χ1v) is 7.77. The molecule has 0 saturated heterocycles. The Kier molecular flexibility index (Phi) is 4.30. The van der Waals surface area contributed by atoms with Crippen molar-refractivity contribution in [3.63, 3.8) is 0 Å². The topological polar surface area (TPSA) is 82.0 Å². The minimum absolute atomic E-state index is 0.142. The number of carbonyl (C=O) groups excluding carboxylic acids is 2. The maximum Gasteiger partial charge on any atom is 0.228 e. The average molecular weight is 319 g/mol. The third kappa shape index (κ3) is 3.13. The Labute approximate surface area is 140 Å². The maximum absolute atomic E-state index is 12.7. The van der Waals surface area contributed by atoms with Crippen LogP contribution in [0.25, 0.3) is 0 Å². The summed E-state index contributed by atoms with van der Waals surface area (Å²) in [6.07, 6.45) is 0.142. The van der Waals surface area contributed by atoms with E-state index in [2.05, 4.69) is 16.7 Å². The third-order valence-electron chi connectivity index (χ3n) is 4.21. The van der Waals surface area contributed by atoms with Crippen LogP contribution < -0.4 is 10.6 Å². The number of amides is 2. The predicted octanol–water partition coefficient (Wildman–Crippen LogP) is 2.86. The van der Waals surface area contributed by atoms with Crippen LogP contribution in [0.4, 0.5) is 5.69 Å². The van der Waals surface area contributed by atoms with Gasteiger partial charge < -0.3 is 10.6 Å². The Morgan fingerprint density at radius 2 is 1.96 bits per heavy atom. The molecule has 0 spiro atoms. The van der Waals surface area contributed by atoms with Crippen molar-refractivity contribution in [2.75, 3.05) is 5.32 Å². The molecular weight excluding hydrogens is 302 g/mol. The zero-order chi connectivity index (χ0) is 17.1. The molecule has 5 heteroatoms. The van der Waals surface area contributed by atoms with Gasteiger partial charge >= 0.3 is 0 Å². The molecule has 1 aliphatic heterocycles. The third-order valence-corrected chi connectivity index (χ3v) is 4.21. The van der Waals surface area contributed by atoms with Gasteiger partial charge in [0.1, 0.15) is 0 Å². The van der Waals surface area contributed by atoms with Crippen LogP contribution in [-0.2, 0) is 9.59 Å². The van der Waals surface area contributed by atoms with Gasteiger partial charge in [0.05, 0.1) is 23.6 Å². The molecule has 1 heterocycles. The van der Waals surface area contributed by atoms with Gasteiger partial charge in [0.15, 0.2) is 0 Å². The van der Waals surface area contributed by atoms with E-state index < -0.39 is 5.92 Å². The molecule has 2 N–H and O–H groups in total. The first kappa shape index (κ1) is 15.8. The number of rotatable bonds is 3. The Balaban J connectivity index is 1.77. The highest BCUT2D eigenvalue weighted by Gasteiger charge is 2.31. The highest BCUT2D eigenvalue weighted by Crippen LogP contribution is 2.32. The van der Waals surface area contributed by atoms with E-state index >= 15 is 0 Å². The van der Waals surface area contributed by atoms with Crippen molar-refractivity contribution in [3.05, 3.63) is 65.2 Å². The van der Waals surface area contributed by atoms with E-state index in [1.54, 1.807) is 18.2 Å². The first-order valence-electron chi connectivity index (χ1n) is 7.77. The second kappa shape index (κ2) is 6.55. The fourth-order valence-electron chi connectivity index (χ4n) is 2.89. The van der Waals surface area contributed by atoms with Crippen LogP contribution in [-0.4, -0.2) is 11.8 Å². The fraction of sp³-hybridized carbons (Fsp3) is 0.211. The highest BCUT2D eigenvalue weighted by atomic mass is 16.2. The number of nitrogens with one attached hydrogen (secondary N) is 2. The number of nitrogens with zero attached hydrogens (tertiary/aromatic N) is 1. The van der Waals surface area contributed by atoms with Crippen molar-refractivity contribution < 1.29 is 9.59 Å². The number of hydrogen-bond donors (Lipinski definition) is 2. The number of nitriles is 1. The SMILES string of the molecule is CC(NC(=O)C1CC(=O)Nc2ccccc21)c1ccc(C#N)cc1. The molecule has 0 aromatic heterocycles. The lowest BCUT2D eigenvalue weighted by Gasteiger charge is -2.26. The van der Waals surface area contributed by atoms with Crippen molar-refractivity contribution in [1.29, 1.82) is 5.26 Å². The Morgan fingerprint density at radius 3 is 2.67 bits per heavy atom. The fourth-order valence-corrected chi connectivity index (χ4v) is 2.89. The summed E-state index contributed by atoms with van der Waals surface area (Å²) in [5.74, 6) is -0.815. The largest absolute Gasteiger partial charge is 0.349 e. The molecule has 2 aromatic rings. The number of carbonyl (C=O) groups is 2. The van der Waals surface area contributed by atoms with Gasteiger partial charge in [-0.2, -0.15) is 5.26 Å². The van der Waals surface area contributed by atoms with E-state index in [9.17, 15) is 9.59 Å². The van der Waals surface area contributed by atoms with Crippen molar-refractivity contribution in [1.82, 2.24) is 5.32 Å². The van der Waals surface area contributed by atoms with Crippen LogP contribution in [0, 0.1) is 11.3 Å². The molecule has 5 nitrogen and oxygen atoms in total. The highest BCUT2D eigenvalue weighted by molar-refractivity contribution is 6.01. The van der Waals surface area contributed by atoms with Gasteiger partial charge in [-0.1, -0.05) is 30.3 Å². The van der Waals surface area contributed by atoms with Crippen molar-refractivity contribution in [2.45, 2.75) is 25.3 Å². The van der Waals surface area contributed by atoms with Crippen molar-refractivity contribution in [3.8, 4) is 6.07 Å². The van der Waals surface area contributed by atoms with Crippen LogP contribution in [0.15, 0.2) is 48.5 Å². The molecule has 24 heavy (non-hydrogen) atoms. The minimum Gasteiger partial charge on any atom is -0.349 e. The summed E-state index contributed by atoms with van der Waals surface area (Å²) >= 11 is 0. The van der Waals surface area contributed by atoms with E-state index in [-0.39, 0.29) is 24.3 Å². The molecule has 2 atom stereocenters. The summed E-state index contributed by atoms with van der Waals surface area (Å²) < 4.78 is 0. The average Bonchev–Trinajstić information content (AvgIpc) is 2.60. The standard InChI is InChI=1S/C19H17N3O2/c1-12(14-8-6-13(11-20)7-9-14)21-19(24)16-10-18(23)22-17-5-3-2-4-15(16)17/h2-9,12,16H,10H2,1H3,(H,21,24)(H,22,23). The second-order valence-electron chi connectivity index (χ2n) is 5.86. The summed E-state index contributed by atoms with van der Waals surface area (Å²) in [4.78, 5) is 24.5. The summed E-state index contributed by atoms with van der Waals surface area (Å²) in [6.45, 7) is 1.88. The van der Waals surface area contributed by atoms with E-state index in [1.165, 1.54) is 0 Å². The van der Waals surface area contributed by atoms with Gasteiger partial charge in [-0.05, 0) is 36.2 Å². The Bertz CT molecular complexity index is 821. The summed E-state index contributed by atoms with van der Waals surface area (Å²) in [7, 11) is 0. The van der Waals surface area contributed by atoms with Crippen molar-refractivity contribution >= 4 is 17.5 Å². The number of benzene rings is 2.